The Bertz CT molecular complexity index is 239. The Balaban J connectivity index is 0. The van der Waals surface area contributed by atoms with Crippen LogP contribution in [0.1, 0.15) is 72.1 Å². The quantitative estimate of drug-likeness (QED) is 0.407. The van der Waals surface area contributed by atoms with Gasteiger partial charge in [-0.2, -0.15) is 0 Å². The molecule has 0 aliphatic carbocycles. The van der Waals surface area contributed by atoms with Crippen molar-refractivity contribution in [2.75, 3.05) is 0 Å². The maximum absolute atomic E-state index is 8.56. The largest absolute Gasteiger partial charge is 0.503 e. The zero-order chi connectivity index (χ0) is 14.9. The summed E-state index contributed by atoms with van der Waals surface area (Å²) in [5, 5.41) is 13.9. The molecule has 0 amide bonds. The number of carboxylic acid groups (broad SMARTS) is 2. The van der Waals surface area contributed by atoms with Gasteiger partial charge in [-0.25, -0.2) is 4.79 Å². The highest BCUT2D eigenvalue weighted by molar-refractivity contribution is 5.53. The molecule has 0 aromatic rings. The Morgan fingerprint density at radius 1 is 0.947 bits per heavy atom. The first kappa shape index (κ1) is 20.1. The van der Waals surface area contributed by atoms with Crippen molar-refractivity contribution in [3.63, 3.8) is 0 Å². The topological polar surface area (TPSA) is 57.5 Å². The van der Waals surface area contributed by atoms with Crippen molar-refractivity contribution < 1.29 is 15.0 Å². The smallest absolute Gasteiger partial charge is 0.450 e. The molecule has 0 saturated carbocycles. The maximum Gasteiger partial charge on any atom is 0.503 e. The third kappa shape index (κ3) is 22.4. The molecule has 0 aromatic carbocycles. The summed E-state index contributed by atoms with van der Waals surface area (Å²) in [5.74, 6) is 0. The molecule has 3 nitrogen and oxygen atoms in total. The van der Waals surface area contributed by atoms with E-state index in [2.05, 4.69) is 39.0 Å². The van der Waals surface area contributed by atoms with E-state index < -0.39 is 6.16 Å². The lowest BCUT2D eigenvalue weighted by molar-refractivity contribution is 0.137. The van der Waals surface area contributed by atoms with Crippen LogP contribution in [0.15, 0.2) is 23.8 Å². The summed E-state index contributed by atoms with van der Waals surface area (Å²) in [6.07, 6.45) is 15.6. The van der Waals surface area contributed by atoms with Crippen molar-refractivity contribution >= 4 is 6.16 Å². The lowest BCUT2D eigenvalue weighted by atomic mass is 10.0. The maximum atomic E-state index is 8.56. The van der Waals surface area contributed by atoms with Crippen LogP contribution in [0.2, 0.25) is 0 Å². The molecular weight excluding hydrogens is 240 g/mol. The SMILES string of the molecule is CC=CC=C(CCCCC)CCCCC.O=C(O)O. The van der Waals surface area contributed by atoms with E-state index >= 15 is 0 Å². The van der Waals surface area contributed by atoms with Crippen LogP contribution in [0.25, 0.3) is 0 Å². The van der Waals surface area contributed by atoms with Gasteiger partial charge in [0.1, 0.15) is 0 Å². The Morgan fingerprint density at radius 3 is 1.68 bits per heavy atom. The highest BCUT2D eigenvalue weighted by atomic mass is 16.6. The highest BCUT2D eigenvalue weighted by Crippen LogP contribution is 2.16. The summed E-state index contributed by atoms with van der Waals surface area (Å²) < 4.78 is 0. The van der Waals surface area contributed by atoms with Crippen molar-refractivity contribution in [3.8, 4) is 0 Å². The van der Waals surface area contributed by atoms with Gasteiger partial charge in [-0.1, -0.05) is 63.3 Å². The summed E-state index contributed by atoms with van der Waals surface area (Å²) >= 11 is 0. The second-order valence-corrected chi connectivity index (χ2v) is 4.55. The van der Waals surface area contributed by atoms with Crippen LogP contribution in [0.4, 0.5) is 4.79 Å². The summed E-state index contributed by atoms with van der Waals surface area (Å²) in [7, 11) is 0. The minimum Gasteiger partial charge on any atom is -0.450 e. The van der Waals surface area contributed by atoms with E-state index in [1.165, 1.54) is 51.4 Å². The first-order valence-corrected chi connectivity index (χ1v) is 7.31. The molecular formula is C16H30O3. The van der Waals surface area contributed by atoms with Gasteiger partial charge < -0.3 is 10.2 Å². The zero-order valence-electron chi connectivity index (χ0n) is 12.7. The molecule has 0 unspecified atom stereocenters. The van der Waals surface area contributed by atoms with Crippen LogP contribution in [0.3, 0.4) is 0 Å². The molecule has 0 heterocycles. The number of hydrogen-bond donors (Lipinski definition) is 2. The van der Waals surface area contributed by atoms with Gasteiger partial charge in [0.05, 0.1) is 0 Å². The second-order valence-electron chi connectivity index (χ2n) is 4.55. The Kier molecular flexibility index (Phi) is 17.7. The average molecular weight is 270 g/mol. The van der Waals surface area contributed by atoms with Gasteiger partial charge in [0, 0.05) is 0 Å². The van der Waals surface area contributed by atoms with E-state index in [1.807, 2.05) is 0 Å². The molecule has 3 heteroatoms. The van der Waals surface area contributed by atoms with Crippen LogP contribution < -0.4 is 0 Å². The summed E-state index contributed by atoms with van der Waals surface area (Å²) in [6.45, 7) is 6.63. The minimum absolute atomic E-state index is 1.31. The average Bonchev–Trinajstić information content (AvgIpc) is 2.35. The van der Waals surface area contributed by atoms with Gasteiger partial charge in [-0.3, -0.25) is 0 Å². The third-order valence-electron chi connectivity index (χ3n) is 2.73. The molecule has 19 heavy (non-hydrogen) atoms. The Hall–Kier alpha value is -1.25. The first-order valence-electron chi connectivity index (χ1n) is 7.31. The van der Waals surface area contributed by atoms with Crippen molar-refractivity contribution in [2.45, 2.75) is 72.1 Å². The highest BCUT2D eigenvalue weighted by Gasteiger charge is 1.96. The van der Waals surface area contributed by atoms with Crippen LogP contribution in [0.5, 0.6) is 0 Å². The Morgan fingerprint density at radius 2 is 1.37 bits per heavy atom. The number of hydrogen-bond acceptors (Lipinski definition) is 1. The van der Waals surface area contributed by atoms with Crippen molar-refractivity contribution in [1.29, 1.82) is 0 Å². The fourth-order valence-electron chi connectivity index (χ4n) is 1.73. The van der Waals surface area contributed by atoms with Gasteiger partial charge >= 0.3 is 6.16 Å². The molecule has 0 rings (SSSR count). The molecule has 0 saturated heterocycles. The van der Waals surface area contributed by atoms with Gasteiger partial charge in [0.25, 0.3) is 0 Å². The number of allylic oxidation sites excluding steroid dienone is 4. The van der Waals surface area contributed by atoms with Crippen LogP contribution in [-0.4, -0.2) is 16.4 Å². The second kappa shape index (κ2) is 16.8. The lowest BCUT2D eigenvalue weighted by Gasteiger charge is -2.06. The number of carbonyl (C=O) groups is 1. The number of unbranched alkanes of at least 4 members (excludes halogenated alkanes) is 4. The molecule has 0 aliphatic heterocycles. The van der Waals surface area contributed by atoms with Gasteiger partial charge in [0.2, 0.25) is 0 Å². The lowest BCUT2D eigenvalue weighted by Crippen LogP contribution is -1.86. The molecule has 0 bridgehead atoms. The number of rotatable bonds is 9. The molecule has 0 fully saturated rings. The van der Waals surface area contributed by atoms with Gasteiger partial charge in [-0.15, -0.1) is 0 Å². The molecule has 2 N–H and O–H groups in total. The monoisotopic (exact) mass is 270 g/mol. The predicted octanol–water partition coefficient (Wildman–Crippen LogP) is 5.87. The summed E-state index contributed by atoms with van der Waals surface area (Å²) in [5.41, 5.74) is 1.65. The first-order chi connectivity index (χ1) is 9.08. The van der Waals surface area contributed by atoms with Gasteiger partial charge in [-0.05, 0) is 32.6 Å². The molecule has 0 spiro atoms. The van der Waals surface area contributed by atoms with Gasteiger partial charge in [0.15, 0.2) is 0 Å². The standard InChI is InChI=1S/C15H28.CH2O3/c1-4-7-10-13-15(12-9-6-3)14-11-8-5-2;2-1(3)4/h6,9,12H,4-5,7-8,10-11,13-14H2,1-3H3;(H2,2,3,4). The molecule has 0 atom stereocenters. The predicted molar refractivity (Wildman–Crippen MR) is 81.8 cm³/mol. The van der Waals surface area contributed by atoms with Crippen LogP contribution in [-0.2, 0) is 0 Å². The molecule has 0 aromatic heterocycles. The van der Waals surface area contributed by atoms with Crippen molar-refractivity contribution in [3.05, 3.63) is 23.8 Å². The van der Waals surface area contributed by atoms with E-state index in [4.69, 9.17) is 15.0 Å². The summed E-state index contributed by atoms with van der Waals surface area (Å²) in [4.78, 5) is 8.56. The van der Waals surface area contributed by atoms with Crippen LogP contribution in [0, 0.1) is 0 Å². The molecule has 112 valence electrons. The fraction of sp³-hybridized carbons (Fsp3) is 0.688. The Labute approximate surface area is 118 Å². The van der Waals surface area contributed by atoms with Crippen molar-refractivity contribution in [1.82, 2.24) is 0 Å². The van der Waals surface area contributed by atoms with Crippen molar-refractivity contribution in [2.24, 2.45) is 0 Å². The zero-order valence-corrected chi connectivity index (χ0v) is 12.7. The normalized spacial score (nSPS) is 9.84. The van der Waals surface area contributed by atoms with E-state index in [-0.39, 0.29) is 0 Å². The molecule has 0 radical (unpaired) electrons. The fourth-order valence-corrected chi connectivity index (χ4v) is 1.73. The minimum atomic E-state index is -1.83. The third-order valence-corrected chi connectivity index (χ3v) is 2.73. The van der Waals surface area contributed by atoms with E-state index in [9.17, 15) is 0 Å². The van der Waals surface area contributed by atoms with E-state index in [1.54, 1.807) is 5.57 Å². The summed E-state index contributed by atoms with van der Waals surface area (Å²) in [6, 6.07) is 0. The molecule has 0 aliphatic rings. The van der Waals surface area contributed by atoms with E-state index in [0.29, 0.717) is 0 Å². The van der Waals surface area contributed by atoms with Crippen LogP contribution >= 0.6 is 0 Å². The van der Waals surface area contributed by atoms with E-state index in [0.717, 1.165) is 0 Å².